The predicted molar refractivity (Wildman–Crippen MR) is 63.3 cm³/mol. The zero-order chi connectivity index (χ0) is 14.8. The maximum atomic E-state index is 13.5. The first kappa shape index (κ1) is 15.6. The Kier molecular flexibility index (Phi) is 4.70. The van der Waals surface area contributed by atoms with E-state index in [-0.39, 0.29) is 6.61 Å². The van der Waals surface area contributed by atoms with E-state index in [1.807, 2.05) is 0 Å². The van der Waals surface area contributed by atoms with Crippen molar-refractivity contribution in [2.45, 2.75) is 11.8 Å². The first-order valence-electron chi connectivity index (χ1n) is 4.98. The normalized spacial score (nSPS) is 13.1. The molecule has 1 amide bonds. The van der Waals surface area contributed by atoms with Gasteiger partial charge in [-0.1, -0.05) is 6.92 Å². The molecule has 1 unspecified atom stereocenters. The number of ether oxygens (including phenoxy) is 1. The zero-order valence-corrected chi connectivity index (χ0v) is 11.3. The second-order valence-electron chi connectivity index (χ2n) is 3.77. The first-order chi connectivity index (χ1) is 8.62. The van der Waals surface area contributed by atoms with Gasteiger partial charge in [0.15, 0.2) is 11.6 Å². The Hall–Kier alpha value is -1.41. The molecule has 1 rings (SSSR count). The van der Waals surface area contributed by atoms with Crippen molar-refractivity contribution in [2.75, 3.05) is 6.61 Å². The molecule has 0 fully saturated rings. The predicted octanol–water partition coefficient (Wildman–Crippen LogP) is 1.39. The summed E-state index contributed by atoms with van der Waals surface area (Å²) in [4.78, 5) is 9.94. The van der Waals surface area contributed by atoms with E-state index < -0.39 is 43.2 Å². The summed E-state index contributed by atoms with van der Waals surface area (Å²) >= 11 is 0. The van der Waals surface area contributed by atoms with E-state index in [9.17, 15) is 22.0 Å². The lowest BCUT2D eigenvalue weighted by atomic mass is 10.2. The van der Waals surface area contributed by atoms with Crippen LogP contribution in [0.25, 0.3) is 0 Å². The minimum atomic E-state index is -4.40. The number of primary amides is 1. The van der Waals surface area contributed by atoms with Gasteiger partial charge in [-0.2, -0.15) is 0 Å². The largest absolute Gasteiger partial charge is 0.488 e. The standard InChI is InChI=1S/C10H10ClF2NO4S/c1-5(10(14)15)4-18-9-7(13)2-6(12)3-8(9)19(11,16)17/h2-3,5H,4H2,1H3,(H2,14,15). The molecule has 106 valence electrons. The second kappa shape index (κ2) is 5.70. The van der Waals surface area contributed by atoms with E-state index in [2.05, 4.69) is 0 Å². The molecule has 0 aromatic heterocycles. The van der Waals surface area contributed by atoms with E-state index >= 15 is 0 Å². The van der Waals surface area contributed by atoms with Gasteiger partial charge in [-0.15, -0.1) is 0 Å². The third-order valence-electron chi connectivity index (χ3n) is 2.20. The number of halogens is 3. The third kappa shape index (κ3) is 4.03. The number of carbonyl (C=O) groups excluding carboxylic acids is 1. The van der Waals surface area contributed by atoms with Crippen molar-refractivity contribution in [3.8, 4) is 5.75 Å². The van der Waals surface area contributed by atoms with E-state index in [1.165, 1.54) is 6.92 Å². The summed E-state index contributed by atoms with van der Waals surface area (Å²) in [5.41, 5.74) is 4.97. The van der Waals surface area contributed by atoms with Crippen LogP contribution in [-0.2, 0) is 13.8 Å². The van der Waals surface area contributed by atoms with Gasteiger partial charge in [-0.25, -0.2) is 17.2 Å². The lowest BCUT2D eigenvalue weighted by Gasteiger charge is -2.13. The average molecular weight is 314 g/mol. The summed E-state index contributed by atoms with van der Waals surface area (Å²) < 4.78 is 53.7. The highest BCUT2D eigenvalue weighted by Gasteiger charge is 2.23. The smallest absolute Gasteiger partial charge is 0.265 e. The highest BCUT2D eigenvalue weighted by Crippen LogP contribution is 2.31. The van der Waals surface area contributed by atoms with Crippen LogP contribution in [0.15, 0.2) is 17.0 Å². The Morgan fingerprint density at radius 3 is 2.53 bits per heavy atom. The minimum Gasteiger partial charge on any atom is -0.488 e. The lowest BCUT2D eigenvalue weighted by Crippen LogP contribution is -2.26. The monoisotopic (exact) mass is 313 g/mol. The van der Waals surface area contributed by atoms with E-state index in [4.69, 9.17) is 21.2 Å². The molecule has 0 aliphatic carbocycles. The van der Waals surface area contributed by atoms with Crippen molar-refractivity contribution < 1.29 is 26.7 Å². The summed E-state index contributed by atoms with van der Waals surface area (Å²) in [5.74, 6) is -4.60. The van der Waals surface area contributed by atoms with Crippen LogP contribution in [0.3, 0.4) is 0 Å². The van der Waals surface area contributed by atoms with Crippen molar-refractivity contribution in [3.63, 3.8) is 0 Å². The van der Waals surface area contributed by atoms with E-state index in [0.717, 1.165) is 0 Å². The molecule has 1 aromatic carbocycles. The molecule has 1 aromatic rings. The fourth-order valence-corrected chi connectivity index (χ4v) is 2.12. The van der Waals surface area contributed by atoms with Crippen molar-refractivity contribution in [1.29, 1.82) is 0 Å². The van der Waals surface area contributed by atoms with Gasteiger partial charge in [0.2, 0.25) is 5.91 Å². The van der Waals surface area contributed by atoms with Crippen LogP contribution in [0, 0.1) is 17.6 Å². The van der Waals surface area contributed by atoms with Crippen molar-refractivity contribution >= 4 is 25.6 Å². The molecular formula is C10H10ClF2NO4S. The fourth-order valence-electron chi connectivity index (χ4n) is 1.15. The molecule has 0 radical (unpaired) electrons. The first-order valence-corrected chi connectivity index (χ1v) is 7.29. The van der Waals surface area contributed by atoms with E-state index in [0.29, 0.717) is 12.1 Å². The molecule has 0 bridgehead atoms. The molecule has 0 saturated heterocycles. The quantitative estimate of drug-likeness (QED) is 0.832. The summed E-state index contributed by atoms with van der Waals surface area (Å²) in [5, 5.41) is 0. The van der Waals surface area contributed by atoms with Crippen molar-refractivity contribution in [3.05, 3.63) is 23.8 Å². The van der Waals surface area contributed by atoms with Gasteiger partial charge >= 0.3 is 0 Å². The highest BCUT2D eigenvalue weighted by molar-refractivity contribution is 8.13. The average Bonchev–Trinajstić information content (AvgIpc) is 2.25. The number of carbonyl (C=O) groups is 1. The van der Waals surface area contributed by atoms with Gasteiger partial charge in [0.1, 0.15) is 10.7 Å². The number of hydrogen-bond donors (Lipinski definition) is 1. The maximum absolute atomic E-state index is 13.5. The molecule has 2 N–H and O–H groups in total. The summed E-state index contributed by atoms with van der Waals surface area (Å²) in [7, 11) is 0.657. The van der Waals surface area contributed by atoms with Gasteiger partial charge in [-0.05, 0) is 6.07 Å². The number of benzene rings is 1. The third-order valence-corrected chi connectivity index (χ3v) is 3.53. The molecule has 1 atom stereocenters. The number of amides is 1. The Morgan fingerprint density at radius 1 is 1.47 bits per heavy atom. The second-order valence-corrected chi connectivity index (χ2v) is 6.30. The van der Waals surface area contributed by atoms with Gasteiger partial charge in [0.25, 0.3) is 9.05 Å². The van der Waals surface area contributed by atoms with Crippen LogP contribution in [0.2, 0.25) is 0 Å². The minimum absolute atomic E-state index is 0.364. The maximum Gasteiger partial charge on any atom is 0.265 e. The van der Waals surface area contributed by atoms with Crippen LogP contribution >= 0.6 is 10.7 Å². The molecule has 0 spiro atoms. The molecule has 0 saturated carbocycles. The van der Waals surface area contributed by atoms with E-state index in [1.54, 1.807) is 0 Å². The molecule has 5 nitrogen and oxygen atoms in total. The lowest BCUT2D eigenvalue weighted by molar-refractivity contribution is -0.122. The fraction of sp³-hybridized carbons (Fsp3) is 0.300. The van der Waals surface area contributed by atoms with Crippen LogP contribution in [0.4, 0.5) is 8.78 Å². The van der Waals surface area contributed by atoms with Crippen molar-refractivity contribution in [1.82, 2.24) is 0 Å². The van der Waals surface area contributed by atoms with Gasteiger partial charge < -0.3 is 10.5 Å². The van der Waals surface area contributed by atoms with Crippen LogP contribution in [0.5, 0.6) is 5.75 Å². The summed E-state index contributed by atoms with van der Waals surface area (Å²) in [6.45, 7) is 1.04. The summed E-state index contributed by atoms with van der Waals surface area (Å²) in [6, 6.07) is 0.964. The molecule has 0 aliphatic heterocycles. The number of hydrogen-bond acceptors (Lipinski definition) is 4. The zero-order valence-electron chi connectivity index (χ0n) is 9.69. The topological polar surface area (TPSA) is 86.5 Å². The van der Waals surface area contributed by atoms with Gasteiger partial charge in [-0.3, -0.25) is 4.79 Å². The van der Waals surface area contributed by atoms with Crippen LogP contribution in [-0.4, -0.2) is 20.9 Å². The molecule has 0 heterocycles. The Morgan fingerprint density at radius 2 is 2.05 bits per heavy atom. The number of nitrogens with two attached hydrogens (primary N) is 1. The SMILES string of the molecule is CC(COc1c(F)cc(F)cc1S(=O)(=O)Cl)C(N)=O. The molecular weight excluding hydrogens is 304 g/mol. The van der Waals surface area contributed by atoms with Gasteiger partial charge in [0, 0.05) is 16.7 Å². The number of rotatable bonds is 5. The summed E-state index contributed by atoms with van der Waals surface area (Å²) in [6.07, 6.45) is 0. The van der Waals surface area contributed by atoms with Crippen LogP contribution < -0.4 is 10.5 Å². The Balaban J connectivity index is 3.16. The highest BCUT2D eigenvalue weighted by atomic mass is 35.7. The van der Waals surface area contributed by atoms with Crippen molar-refractivity contribution in [2.24, 2.45) is 11.7 Å². The molecule has 9 heteroatoms. The molecule has 0 aliphatic rings. The van der Waals surface area contributed by atoms with Gasteiger partial charge in [0.05, 0.1) is 12.5 Å². The molecule has 19 heavy (non-hydrogen) atoms. The Bertz CT molecular complexity index is 606. The van der Waals surface area contributed by atoms with Crippen LogP contribution in [0.1, 0.15) is 6.92 Å². The Labute approximate surface area is 112 Å².